The van der Waals surface area contributed by atoms with Gasteiger partial charge in [-0.25, -0.2) is 19.2 Å². The van der Waals surface area contributed by atoms with Gasteiger partial charge in [-0.2, -0.15) is 0 Å². The topological polar surface area (TPSA) is 141 Å². The number of benzene rings is 3. The summed E-state index contributed by atoms with van der Waals surface area (Å²) in [6.07, 6.45) is -0.858. The minimum Gasteiger partial charge on any atom is -0.480 e. The molecule has 1 heterocycles. The molecule has 0 spiro atoms. The Morgan fingerprint density at radius 1 is 0.907 bits per heavy atom. The number of nitrogens with one attached hydrogen (secondary N) is 1. The van der Waals surface area contributed by atoms with Crippen molar-refractivity contribution in [2.45, 2.75) is 18.4 Å². The van der Waals surface area contributed by atoms with E-state index in [4.69, 9.17) is 18.9 Å². The van der Waals surface area contributed by atoms with Crippen LogP contribution in [0.25, 0.3) is 11.1 Å². The zero-order chi connectivity index (χ0) is 30.5. The van der Waals surface area contributed by atoms with Crippen LogP contribution in [0.15, 0.2) is 84.1 Å². The van der Waals surface area contributed by atoms with Gasteiger partial charge in [0.2, 0.25) is 0 Å². The molecule has 2 aliphatic rings. The van der Waals surface area contributed by atoms with E-state index in [0.29, 0.717) is 11.3 Å². The average Bonchev–Trinajstić information content (AvgIpc) is 3.36. The van der Waals surface area contributed by atoms with Crippen molar-refractivity contribution in [3.05, 3.63) is 101 Å². The number of fused-ring (bicyclic) bond motifs is 3. The van der Waals surface area contributed by atoms with Crippen molar-refractivity contribution in [3.8, 4) is 11.1 Å². The summed E-state index contributed by atoms with van der Waals surface area (Å²) in [7, 11) is 2.41. The predicted molar refractivity (Wildman–Crippen MR) is 154 cm³/mol. The lowest BCUT2D eigenvalue weighted by Gasteiger charge is -2.31. The third-order valence-corrected chi connectivity index (χ3v) is 7.45. The van der Waals surface area contributed by atoms with E-state index >= 15 is 0 Å². The molecule has 0 bridgehead atoms. The number of aliphatic carboxylic acids is 1. The first kappa shape index (κ1) is 29.3. The monoisotopic (exact) mass is 586 g/mol. The number of amides is 1. The molecular weight excluding hydrogens is 556 g/mol. The van der Waals surface area contributed by atoms with Crippen LogP contribution in [0.4, 0.5) is 10.5 Å². The Morgan fingerprint density at radius 2 is 1.51 bits per heavy atom. The summed E-state index contributed by atoms with van der Waals surface area (Å²) in [6, 6.07) is 21.2. The van der Waals surface area contributed by atoms with Crippen LogP contribution in [0.3, 0.4) is 0 Å². The normalized spacial score (nSPS) is 14.8. The summed E-state index contributed by atoms with van der Waals surface area (Å²) < 4.78 is 20.7. The number of carbonyl (C=O) groups excluding carboxylic acids is 3. The second-order valence-corrected chi connectivity index (χ2v) is 9.95. The Hall–Kier alpha value is -5.16. The van der Waals surface area contributed by atoms with Gasteiger partial charge < -0.3 is 34.3 Å². The highest BCUT2D eigenvalue weighted by Crippen LogP contribution is 2.44. The molecule has 1 aliphatic carbocycles. The predicted octanol–water partition coefficient (Wildman–Crippen LogP) is 3.62. The van der Waals surface area contributed by atoms with Gasteiger partial charge in [0.25, 0.3) is 0 Å². The van der Waals surface area contributed by atoms with Crippen molar-refractivity contribution in [1.82, 2.24) is 5.32 Å². The maximum Gasteiger partial charge on any atom is 0.407 e. The minimum absolute atomic E-state index is 0.00585. The van der Waals surface area contributed by atoms with Crippen molar-refractivity contribution in [1.29, 1.82) is 0 Å². The molecule has 1 aliphatic heterocycles. The second kappa shape index (κ2) is 12.8. The number of ether oxygens (including phenoxy) is 4. The molecular formula is C32H30N2O9. The first-order chi connectivity index (χ1) is 20.8. The molecule has 222 valence electrons. The van der Waals surface area contributed by atoms with Crippen LogP contribution in [-0.2, 0) is 39.8 Å². The number of alkyl carbamates (subject to hydrolysis) is 1. The van der Waals surface area contributed by atoms with Gasteiger partial charge in [-0.3, -0.25) is 0 Å². The number of anilines is 1. The summed E-state index contributed by atoms with van der Waals surface area (Å²) in [5, 5.41) is 12.3. The van der Waals surface area contributed by atoms with Crippen LogP contribution < -0.4 is 10.2 Å². The van der Waals surface area contributed by atoms with Gasteiger partial charge in [0.15, 0.2) is 0 Å². The van der Waals surface area contributed by atoms with E-state index in [1.54, 1.807) is 24.3 Å². The largest absolute Gasteiger partial charge is 0.480 e. The molecule has 3 aromatic carbocycles. The summed E-state index contributed by atoms with van der Waals surface area (Å²) >= 11 is 0. The highest BCUT2D eigenvalue weighted by molar-refractivity contribution is 6.03. The maximum absolute atomic E-state index is 12.7. The standard InChI is InChI=1S/C32H30N2O9/c1-40-30(37)26-16-42-18-34(28(26)31(38)41-2)20-13-11-19(12-14-20)15-27(29(35)36)33-32(39)43-17-25-23-9-5-3-7-21(23)22-8-4-6-10-24(22)25/h3-14,25,27H,15-18H2,1-2H3,(H,33,39)(H,35,36). The Bertz CT molecular complexity index is 1540. The molecule has 43 heavy (non-hydrogen) atoms. The van der Waals surface area contributed by atoms with Crippen LogP contribution in [0.1, 0.15) is 22.6 Å². The second-order valence-electron chi connectivity index (χ2n) is 9.95. The molecule has 0 fully saturated rings. The molecule has 1 unspecified atom stereocenters. The van der Waals surface area contributed by atoms with Crippen molar-refractivity contribution in [2.75, 3.05) is 39.1 Å². The first-order valence-corrected chi connectivity index (χ1v) is 13.5. The van der Waals surface area contributed by atoms with E-state index in [9.17, 15) is 24.3 Å². The van der Waals surface area contributed by atoms with Crippen LogP contribution in [0.5, 0.6) is 0 Å². The SMILES string of the molecule is COC(=O)C1=C(C(=O)OC)N(c2ccc(CC(NC(=O)OCC3c4ccccc4-c4ccccc43)C(=O)O)cc2)COC1. The molecule has 11 heteroatoms. The quantitative estimate of drug-likeness (QED) is 0.282. The first-order valence-electron chi connectivity index (χ1n) is 13.5. The highest BCUT2D eigenvalue weighted by Gasteiger charge is 2.33. The summed E-state index contributed by atoms with van der Waals surface area (Å²) in [5.74, 6) is -2.83. The fourth-order valence-electron chi connectivity index (χ4n) is 5.38. The van der Waals surface area contributed by atoms with E-state index in [1.807, 2.05) is 48.5 Å². The Morgan fingerprint density at radius 3 is 2.09 bits per heavy atom. The molecule has 3 aromatic rings. The van der Waals surface area contributed by atoms with Gasteiger partial charge in [-0.15, -0.1) is 0 Å². The van der Waals surface area contributed by atoms with Crippen LogP contribution in [0.2, 0.25) is 0 Å². The number of hydrogen-bond acceptors (Lipinski definition) is 9. The molecule has 2 N–H and O–H groups in total. The van der Waals surface area contributed by atoms with Gasteiger partial charge in [0, 0.05) is 18.0 Å². The molecule has 1 amide bonds. The van der Waals surface area contributed by atoms with E-state index in [1.165, 1.54) is 19.1 Å². The Labute approximate surface area is 247 Å². The van der Waals surface area contributed by atoms with Crippen molar-refractivity contribution < 1.29 is 43.2 Å². The zero-order valence-electron chi connectivity index (χ0n) is 23.6. The number of carbonyl (C=O) groups is 4. The van der Waals surface area contributed by atoms with E-state index < -0.39 is 30.0 Å². The molecule has 0 aromatic heterocycles. The van der Waals surface area contributed by atoms with Crippen molar-refractivity contribution in [3.63, 3.8) is 0 Å². The number of esters is 2. The molecule has 1 atom stereocenters. The zero-order valence-corrected chi connectivity index (χ0v) is 23.6. The van der Waals surface area contributed by atoms with Crippen LogP contribution in [-0.4, -0.2) is 69.3 Å². The summed E-state index contributed by atoms with van der Waals surface area (Å²) in [4.78, 5) is 51.0. The van der Waals surface area contributed by atoms with Gasteiger partial charge >= 0.3 is 24.0 Å². The van der Waals surface area contributed by atoms with Crippen molar-refractivity contribution in [2.24, 2.45) is 0 Å². The van der Waals surface area contributed by atoms with Crippen molar-refractivity contribution >= 4 is 29.7 Å². The Kier molecular flexibility index (Phi) is 8.72. The highest BCUT2D eigenvalue weighted by atomic mass is 16.6. The number of rotatable bonds is 9. The lowest BCUT2D eigenvalue weighted by atomic mass is 9.98. The van der Waals surface area contributed by atoms with E-state index in [0.717, 1.165) is 22.3 Å². The third-order valence-electron chi connectivity index (χ3n) is 7.45. The maximum atomic E-state index is 12.7. The Balaban J connectivity index is 1.25. The molecule has 0 saturated carbocycles. The van der Waals surface area contributed by atoms with Crippen LogP contribution in [0, 0.1) is 0 Å². The van der Waals surface area contributed by atoms with E-state index in [2.05, 4.69) is 5.32 Å². The minimum atomic E-state index is -1.25. The van der Waals surface area contributed by atoms with Crippen LogP contribution >= 0.6 is 0 Å². The number of methoxy groups -OCH3 is 2. The molecule has 5 rings (SSSR count). The third kappa shape index (κ3) is 6.07. The van der Waals surface area contributed by atoms with E-state index in [-0.39, 0.29) is 43.6 Å². The fourth-order valence-corrected chi connectivity index (χ4v) is 5.38. The molecule has 11 nitrogen and oxygen atoms in total. The average molecular weight is 587 g/mol. The van der Waals surface area contributed by atoms with Gasteiger partial charge in [-0.1, -0.05) is 60.7 Å². The number of nitrogens with zero attached hydrogens (tertiary/aromatic N) is 1. The molecule has 0 saturated heterocycles. The lowest BCUT2D eigenvalue weighted by molar-refractivity contribution is -0.140. The number of carboxylic acid groups (broad SMARTS) is 1. The number of hydrogen-bond donors (Lipinski definition) is 2. The summed E-state index contributed by atoms with van der Waals surface area (Å²) in [6.45, 7) is -0.0820. The number of carboxylic acids is 1. The van der Waals surface area contributed by atoms with Gasteiger partial charge in [-0.05, 0) is 39.9 Å². The fraction of sp³-hybridized carbons (Fsp3) is 0.250. The molecule has 0 radical (unpaired) electrons. The smallest absolute Gasteiger partial charge is 0.407 e. The van der Waals surface area contributed by atoms with Gasteiger partial charge in [0.1, 0.15) is 25.1 Å². The summed E-state index contributed by atoms with van der Waals surface area (Å²) in [5.41, 5.74) is 5.39. The van der Waals surface area contributed by atoms with Gasteiger partial charge in [0.05, 0.1) is 26.4 Å². The lowest BCUT2D eigenvalue weighted by Crippen LogP contribution is -2.43.